The van der Waals surface area contributed by atoms with Crippen LogP contribution in [0.2, 0.25) is 0 Å². The molecule has 0 aliphatic heterocycles. The van der Waals surface area contributed by atoms with Crippen molar-refractivity contribution in [1.82, 2.24) is 4.98 Å². The number of aliphatic carboxylic acids is 1. The summed E-state index contributed by atoms with van der Waals surface area (Å²) in [6, 6.07) is 8.65. The summed E-state index contributed by atoms with van der Waals surface area (Å²) in [7, 11) is 0. The lowest BCUT2D eigenvalue weighted by atomic mass is 10.2. The van der Waals surface area contributed by atoms with E-state index in [1.165, 1.54) is 6.20 Å². The minimum atomic E-state index is -0.942. The van der Waals surface area contributed by atoms with Crippen LogP contribution in [0.15, 0.2) is 41.0 Å². The molecule has 2 aromatic rings. The van der Waals surface area contributed by atoms with Gasteiger partial charge in [0.25, 0.3) is 5.91 Å². The van der Waals surface area contributed by atoms with Crippen LogP contribution in [0.4, 0.5) is 5.69 Å². The van der Waals surface area contributed by atoms with E-state index >= 15 is 0 Å². The second-order valence-corrected chi connectivity index (χ2v) is 6.26. The van der Waals surface area contributed by atoms with Gasteiger partial charge in [0.2, 0.25) is 0 Å². The lowest BCUT2D eigenvalue weighted by Crippen LogP contribution is -2.14. The topological polar surface area (TPSA) is 79.3 Å². The van der Waals surface area contributed by atoms with Crippen LogP contribution in [0, 0.1) is 3.57 Å². The average Bonchev–Trinajstić information content (AvgIpc) is 2.43. The van der Waals surface area contributed by atoms with Crippen molar-refractivity contribution in [2.75, 3.05) is 5.32 Å². The number of anilines is 1. The molecule has 0 saturated heterocycles. The number of carbonyl (C=O) groups excluding carboxylic acids is 1. The maximum absolute atomic E-state index is 12.2. The Balaban J connectivity index is 2.12. The highest BCUT2D eigenvalue weighted by molar-refractivity contribution is 14.1. The summed E-state index contributed by atoms with van der Waals surface area (Å²) in [5.41, 5.74) is 1.52. The predicted molar refractivity (Wildman–Crippen MR) is 90.4 cm³/mol. The zero-order valence-electron chi connectivity index (χ0n) is 10.6. The molecule has 7 heteroatoms. The first kappa shape index (κ1) is 15.9. The third-order valence-electron chi connectivity index (χ3n) is 2.59. The standard InChI is InChI=1S/C14H10BrIN2O3/c15-8-1-4-12(16)11(5-8)14(21)18-10-3-2-9(17-7-10)6-13(19)20/h1-5,7H,6H2,(H,18,21)(H,19,20). The molecule has 21 heavy (non-hydrogen) atoms. The number of pyridine rings is 1. The average molecular weight is 461 g/mol. The van der Waals surface area contributed by atoms with Gasteiger partial charge >= 0.3 is 5.97 Å². The van der Waals surface area contributed by atoms with Crippen molar-refractivity contribution in [3.05, 3.63) is 55.8 Å². The van der Waals surface area contributed by atoms with Crippen LogP contribution >= 0.6 is 38.5 Å². The van der Waals surface area contributed by atoms with Gasteiger partial charge < -0.3 is 10.4 Å². The van der Waals surface area contributed by atoms with E-state index in [2.05, 4.69) is 48.8 Å². The lowest BCUT2D eigenvalue weighted by molar-refractivity contribution is -0.136. The second-order valence-electron chi connectivity index (χ2n) is 4.19. The first-order valence-corrected chi connectivity index (χ1v) is 7.76. The summed E-state index contributed by atoms with van der Waals surface area (Å²) in [6.07, 6.45) is 1.30. The summed E-state index contributed by atoms with van der Waals surface area (Å²) < 4.78 is 1.66. The van der Waals surface area contributed by atoms with Crippen LogP contribution in [-0.2, 0) is 11.2 Å². The van der Waals surface area contributed by atoms with Gasteiger partial charge in [-0.25, -0.2) is 0 Å². The molecule has 5 nitrogen and oxygen atoms in total. The molecule has 0 aliphatic carbocycles. The van der Waals surface area contributed by atoms with E-state index in [1.54, 1.807) is 18.2 Å². The van der Waals surface area contributed by atoms with Crippen molar-refractivity contribution >= 4 is 56.1 Å². The molecule has 0 bridgehead atoms. The fourth-order valence-corrected chi connectivity index (χ4v) is 2.57. The number of hydrogen-bond acceptors (Lipinski definition) is 3. The summed E-state index contributed by atoms with van der Waals surface area (Å²) >= 11 is 5.42. The van der Waals surface area contributed by atoms with Gasteiger partial charge in [-0.1, -0.05) is 15.9 Å². The molecular weight excluding hydrogens is 451 g/mol. The molecular formula is C14H10BrIN2O3. The van der Waals surface area contributed by atoms with E-state index < -0.39 is 5.97 Å². The maximum atomic E-state index is 12.2. The fourth-order valence-electron chi connectivity index (χ4n) is 1.63. The Kier molecular flexibility index (Phi) is 5.29. The molecule has 0 saturated carbocycles. The van der Waals surface area contributed by atoms with Crippen molar-refractivity contribution < 1.29 is 14.7 Å². The molecule has 0 aliphatic rings. The Hall–Kier alpha value is -1.48. The number of carbonyl (C=O) groups is 2. The van der Waals surface area contributed by atoms with Crippen molar-refractivity contribution in [3.63, 3.8) is 0 Å². The smallest absolute Gasteiger partial charge is 0.309 e. The first-order chi connectivity index (χ1) is 9.95. The monoisotopic (exact) mass is 460 g/mol. The number of amides is 1. The minimum Gasteiger partial charge on any atom is -0.481 e. The number of hydrogen-bond donors (Lipinski definition) is 2. The number of benzene rings is 1. The Morgan fingerprint density at radius 2 is 2.05 bits per heavy atom. The van der Waals surface area contributed by atoms with Crippen LogP contribution in [0.3, 0.4) is 0 Å². The highest BCUT2D eigenvalue weighted by Crippen LogP contribution is 2.19. The van der Waals surface area contributed by atoms with Gasteiger partial charge in [-0.3, -0.25) is 14.6 Å². The Morgan fingerprint density at radius 1 is 1.29 bits per heavy atom. The highest BCUT2D eigenvalue weighted by atomic mass is 127. The van der Waals surface area contributed by atoms with Crippen LogP contribution in [-0.4, -0.2) is 22.0 Å². The molecule has 0 fully saturated rings. The third kappa shape index (κ3) is 4.50. The number of rotatable bonds is 4. The zero-order valence-corrected chi connectivity index (χ0v) is 14.4. The molecule has 0 spiro atoms. The summed E-state index contributed by atoms with van der Waals surface area (Å²) in [5.74, 6) is -1.18. The Bertz CT molecular complexity index is 689. The molecule has 0 radical (unpaired) electrons. The highest BCUT2D eigenvalue weighted by Gasteiger charge is 2.11. The van der Waals surface area contributed by atoms with E-state index in [1.807, 2.05) is 12.1 Å². The van der Waals surface area contributed by atoms with E-state index in [0.29, 0.717) is 16.9 Å². The van der Waals surface area contributed by atoms with Crippen molar-refractivity contribution in [2.24, 2.45) is 0 Å². The van der Waals surface area contributed by atoms with Gasteiger partial charge in [0.15, 0.2) is 0 Å². The third-order valence-corrected chi connectivity index (χ3v) is 4.02. The Morgan fingerprint density at radius 3 is 2.67 bits per heavy atom. The quantitative estimate of drug-likeness (QED) is 0.686. The van der Waals surface area contributed by atoms with Crippen molar-refractivity contribution in [3.8, 4) is 0 Å². The largest absolute Gasteiger partial charge is 0.481 e. The van der Waals surface area contributed by atoms with Gasteiger partial charge in [0, 0.05) is 8.04 Å². The molecule has 2 rings (SSSR count). The van der Waals surface area contributed by atoms with Gasteiger partial charge in [-0.05, 0) is 52.9 Å². The van der Waals surface area contributed by atoms with Gasteiger partial charge in [0.05, 0.1) is 29.6 Å². The molecule has 1 heterocycles. The first-order valence-electron chi connectivity index (χ1n) is 5.89. The number of aromatic nitrogens is 1. The van der Waals surface area contributed by atoms with Crippen LogP contribution < -0.4 is 5.32 Å². The van der Waals surface area contributed by atoms with E-state index in [-0.39, 0.29) is 12.3 Å². The van der Waals surface area contributed by atoms with E-state index in [9.17, 15) is 9.59 Å². The Labute approximate surface area is 143 Å². The number of nitrogens with one attached hydrogen (secondary N) is 1. The van der Waals surface area contributed by atoms with Crippen LogP contribution in [0.1, 0.15) is 16.1 Å². The van der Waals surface area contributed by atoms with Crippen molar-refractivity contribution in [2.45, 2.75) is 6.42 Å². The summed E-state index contributed by atoms with van der Waals surface area (Å²) in [4.78, 5) is 26.8. The summed E-state index contributed by atoms with van der Waals surface area (Å²) in [5, 5.41) is 11.4. The lowest BCUT2D eigenvalue weighted by Gasteiger charge is -2.07. The molecule has 1 aromatic heterocycles. The zero-order chi connectivity index (χ0) is 15.4. The molecule has 1 aromatic carbocycles. The number of halogens is 2. The molecule has 0 unspecified atom stereocenters. The number of nitrogens with zero attached hydrogens (tertiary/aromatic N) is 1. The predicted octanol–water partition coefficient (Wildman–Crippen LogP) is 3.33. The molecule has 1 amide bonds. The van der Waals surface area contributed by atoms with E-state index in [4.69, 9.17) is 5.11 Å². The fraction of sp³-hybridized carbons (Fsp3) is 0.0714. The molecule has 0 atom stereocenters. The van der Waals surface area contributed by atoms with E-state index in [0.717, 1.165) is 8.04 Å². The van der Waals surface area contributed by atoms with Gasteiger partial charge in [-0.15, -0.1) is 0 Å². The van der Waals surface area contributed by atoms with Crippen molar-refractivity contribution in [1.29, 1.82) is 0 Å². The van der Waals surface area contributed by atoms with Gasteiger partial charge in [-0.2, -0.15) is 0 Å². The van der Waals surface area contributed by atoms with Crippen LogP contribution in [0.25, 0.3) is 0 Å². The number of carboxylic acid groups (broad SMARTS) is 1. The maximum Gasteiger partial charge on any atom is 0.309 e. The normalized spacial score (nSPS) is 10.2. The second kappa shape index (κ2) is 6.99. The SMILES string of the molecule is O=C(O)Cc1ccc(NC(=O)c2cc(Br)ccc2I)cn1. The minimum absolute atomic E-state index is 0.141. The molecule has 2 N–H and O–H groups in total. The van der Waals surface area contributed by atoms with Gasteiger partial charge in [0.1, 0.15) is 0 Å². The number of carboxylic acids is 1. The van der Waals surface area contributed by atoms with Crippen LogP contribution in [0.5, 0.6) is 0 Å². The molecule has 108 valence electrons. The summed E-state index contributed by atoms with van der Waals surface area (Å²) in [6.45, 7) is 0.